The Morgan fingerprint density at radius 2 is 1.61 bits per heavy atom. The van der Waals surface area contributed by atoms with Crippen LogP contribution in [0.1, 0.15) is 22.3 Å². The van der Waals surface area contributed by atoms with E-state index in [0.29, 0.717) is 29.1 Å². The van der Waals surface area contributed by atoms with Crippen molar-refractivity contribution in [2.45, 2.75) is 12.6 Å². The summed E-state index contributed by atoms with van der Waals surface area (Å²) in [5.74, 6) is 0.113. The van der Waals surface area contributed by atoms with Crippen LogP contribution in [0.15, 0.2) is 54.7 Å². The molecule has 1 amide bonds. The number of hydrogen-bond donors (Lipinski definition) is 1. The fraction of sp³-hybridized carbons (Fsp3) is 0.292. The third-order valence-electron chi connectivity index (χ3n) is 5.72. The molecular formula is C24H24F3N5O. The first-order valence-corrected chi connectivity index (χ1v) is 10.6. The van der Waals surface area contributed by atoms with Crippen LogP contribution in [0, 0.1) is 0 Å². The average molecular weight is 455 g/mol. The number of nitrogen functional groups attached to an aromatic ring is 1. The lowest BCUT2D eigenvalue weighted by Gasteiger charge is -2.20. The zero-order valence-electron chi connectivity index (χ0n) is 18.1. The fourth-order valence-electron chi connectivity index (χ4n) is 3.78. The molecule has 33 heavy (non-hydrogen) atoms. The van der Waals surface area contributed by atoms with Crippen LogP contribution in [-0.2, 0) is 6.18 Å². The SMILES string of the molecule is CN1CCCN(C(=O)c2ccc(-c3cnc(N)c(-c4ccc(C(F)(F)F)cc4)n3)cc2)CC1. The predicted molar refractivity (Wildman–Crippen MR) is 120 cm³/mol. The second kappa shape index (κ2) is 9.19. The maximum atomic E-state index is 12.9. The number of aromatic nitrogens is 2. The van der Waals surface area contributed by atoms with Crippen LogP contribution >= 0.6 is 0 Å². The molecule has 2 N–H and O–H groups in total. The number of anilines is 1. The molecule has 6 nitrogen and oxygen atoms in total. The van der Waals surface area contributed by atoms with E-state index in [0.717, 1.165) is 43.8 Å². The molecular weight excluding hydrogens is 431 g/mol. The number of likely N-dealkylation sites (N-methyl/N-ethyl adjacent to an activating group) is 1. The van der Waals surface area contributed by atoms with Crippen molar-refractivity contribution in [2.75, 3.05) is 39.0 Å². The van der Waals surface area contributed by atoms with Crippen LogP contribution in [-0.4, -0.2) is 58.9 Å². The molecule has 4 rings (SSSR count). The highest BCUT2D eigenvalue weighted by molar-refractivity contribution is 5.94. The van der Waals surface area contributed by atoms with Gasteiger partial charge in [-0.25, -0.2) is 9.97 Å². The van der Waals surface area contributed by atoms with Crippen LogP contribution in [0.3, 0.4) is 0 Å². The highest BCUT2D eigenvalue weighted by atomic mass is 19.4. The Bertz CT molecular complexity index is 1130. The number of rotatable bonds is 3. The number of benzene rings is 2. The highest BCUT2D eigenvalue weighted by Gasteiger charge is 2.30. The number of halogens is 3. The van der Waals surface area contributed by atoms with Gasteiger partial charge in [0, 0.05) is 36.3 Å². The largest absolute Gasteiger partial charge is 0.416 e. The molecule has 3 aromatic rings. The molecule has 0 unspecified atom stereocenters. The maximum absolute atomic E-state index is 12.9. The van der Waals surface area contributed by atoms with Gasteiger partial charge < -0.3 is 15.5 Å². The molecule has 9 heteroatoms. The van der Waals surface area contributed by atoms with Crippen LogP contribution < -0.4 is 5.73 Å². The van der Waals surface area contributed by atoms with E-state index in [1.54, 1.807) is 24.3 Å². The lowest BCUT2D eigenvalue weighted by molar-refractivity contribution is -0.137. The quantitative estimate of drug-likeness (QED) is 0.641. The summed E-state index contributed by atoms with van der Waals surface area (Å²) in [6, 6.07) is 11.7. The van der Waals surface area contributed by atoms with Crippen LogP contribution in [0.5, 0.6) is 0 Å². The molecule has 0 atom stereocenters. The molecule has 0 spiro atoms. The van der Waals surface area contributed by atoms with E-state index in [4.69, 9.17) is 5.73 Å². The zero-order chi connectivity index (χ0) is 23.6. The van der Waals surface area contributed by atoms with Gasteiger partial charge in [-0.3, -0.25) is 4.79 Å². The topological polar surface area (TPSA) is 75.3 Å². The van der Waals surface area contributed by atoms with E-state index in [2.05, 4.69) is 21.9 Å². The minimum absolute atomic E-state index is 0.00863. The smallest absolute Gasteiger partial charge is 0.382 e. The van der Waals surface area contributed by atoms with Gasteiger partial charge in [0.1, 0.15) is 11.5 Å². The fourth-order valence-corrected chi connectivity index (χ4v) is 3.78. The van der Waals surface area contributed by atoms with Gasteiger partial charge >= 0.3 is 6.18 Å². The molecule has 1 aliphatic rings. The van der Waals surface area contributed by atoms with Crippen molar-refractivity contribution in [2.24, 2.45) is 0 Å². The monoisotopic (exact) mass is 455 g/mol. The van der Waals surface area contributed by atoms with Crippen molar-refractivity contribution in [3.05, 3.63) is 65.9 Å². The third-order valence-corrected chi connectivity index (χ3v) is 5.72. The van der Waals surface area contributed by atoms with Gasteiger partial charge in [0.2, 0.25) is 0 Å². The van der Waals surface area contributed by atoms with E-state index in [9.17, 15) is 18.0 Å². The summed E-state index contributed by atoms with van der Waals surface area (Å²) >= 11 is 0. The van der Waals surface area contributed by atoms with Crippen molar-refractivity contribution in [3.63, 3.8) is 0 Å². The maximum Gasteiger partial charge on any atom is 0.416 e. The Kier molecular flexibility index (Phi) is 6.33. The van der Waals surface area contributed by atoms with Crippen LogP contribution in [0.2, 0.25) is 0 Å². The Labute approximate surface area is 189 Å². The van der Waals surface area contributed by atoms with Crippen molar-refractivity contribution in [1.82, 2.24) is 19.8 Å². The summed E-state index contributed by atoms with van der Waals surface area (Å²) in [5, 5.41) is 0. The molecule has 0 bridgehead atoms. The summed E-state index contributed by atoms with van der Waals surface area (Å²) in [6.45, 7) is 3.24. The normalized spacial score (nSPS) is 15.3. The first-order chi connectivity index (χ1) is 15.7. The van der Waals surface area contributed by atoms with Gasteiger partial charge in [-0.15, -0.1) is 0 Å². The highest BCUT2D eigenvalue weighted by Crippen LogP contribution is 2.32. The first kappa shape index (κ1) is 22.7. The second-order valence-electron chi connectivity index (χ2n) is 8.09. The molecule has 0 aliphatic carbocycles. The minimum Gasteiger partial charge on any atom is -0.382 e. The second-order valence-corrected chi connectivity index (χ2v) is 8.09. The Hall–Kier alpha value is -3.46. The average Bonchev–Trinajstić information content (AvgIpc) is 3.03. The summed E-state index contributed by atoms with van der Waals surface area (Å²) in [7, 11) is 2.05. The van der Waals surface area contributed by atoms with E-state index in [-0.39, 0.29) is 11.7 Å². The minimum atomic E-state index is -4.42. The third kappa shape index (κ3) is 5.14. The Morgan fingerprint density at radius 1 is 0.939 bits per heavy atom. The standard InChI is InChI=1S/C24H24F3N5O/c1-31-11-2-12-32(14-13-31)23(33)18-5-3-16(4-6-18)20-15-29-22(28)21(30-20)17-7-9-19(10-8-17)24(25,26)27/h3-10,15H,2,11-14H2,1H3,(H2,28,29). The van der Waals surface area contributed by atoms with Gasteiger partial charge in [-0.05, 0) is 44.3 Å². The molecule has 2 aromatic carbocycles. The Balaban J connectivity index is 1.55. The lowest BCUT2D eigenvalue weighted by Crippen LogP contribution is -2.34. The van der Waals surface area contributed by atoms with Gasteiger partial charge in [-0.1, -0.05) is 24.3 Å². The van der Waals surface area contributed by atoms with Crippen molar-refractivity contribution < 1.29 is 18.0 Å². The number of hydrogen-bond acceptors (Lipinski definition) is 5. The van der Waals surface area contributed by atoms with Gasteiger partial charge in [0.05, 0.1) is 17.5 Å². The zero-order valence-corrected chi connectivity index (χ0v) is 18.1. The van der Waals surface area contributed by atoms with E-state index in [1.807, 2.05) is 4.90 Å². The van der Waals surface area contributed by atoms with E-state index in [1.165, 1.54) is 18.3 Å². The summed E-state index contributed by atoms with van der Waals surface area (Å²) < 4.78 is 38.6. The number of alkyl halides is 3. The number of nitrogens with two attached hydrogens (primary N) is 1. The van der Waals surface area contributed by atoms with Crippen molar-refractivity contribution in [1.29, 1.82) is 0 Å². The van der Waals surface area contributed by atoms with E-state index < -0.39 is 11.7 Å². The summed E-state index contributed by atoms with van der Waals surface area (Å²) in [5.41, 5.74) is 7.76. The molecule has 1 aromatic heterocycles. The summed E-state index contributed by atoms with van der Waals surface area (Å²) in [6.07, 6.45) is -1.97. The van der Waals surface area contributed by atoms with Gasteiger partial charge in [-0.2, -0.15) is 13.2 Å². The van der Waals surface area contributed by atoms with Gasteiger partial charge in [0.15, 0.2) is 0 Å². The number of amides is 1. The number of nitrogens with zero attached hydrogens (tertiary/aromatic N) is 4. The number of carbonyl (C=O) groups is 1. The molecule has 1 fully saturated rings. The van der Waals surface area contributed by atoms with Crippen molar-refractivity contribution in [3.8, 4) is 22.5 Å². The first-order valence-electron chi connectivity index (χ1n) is 10.6. The van der Waals surface area contributed by atoms with Crippen LogP contribution in [0.4, 0.5) is 19.0 Å². The van der Waals surface area contributed by atoms with E-state index >= 15 is 0 Å². The Morgan fingerprint density at radius 3 is 2.27 bits per heavy atom. The van der Waals surface area contributed by atoms with Gasteiger partial charge in [0.25, 0.3) is 5.91 Å². The molecule has 0 radical (unpaired) electrons. The lowest BCUT2D eigenvalue weighted by atomic mass is 10.1. The molecule has 1 aliphatic heterocycles. The summed E-state index contributed by atoms with van der Waals surface area (Å²) in [4.78, 5) is 25.6. The predicted octanol–water partition coefficient (Wildman–Crippen LogP) is 4.19. The van der Waals surface area contributed by atoms with Crippen LogP contribution in [0.25, 0.3) is 22.5 Å². The molecule has 0 saturated carbocycles. The molecule has 1 saturated heterocycles. The molecule has 2 heterocycles. The van der Waals surface area contributed by atoms with Crippen molar-refractivity contribution >= 4 is 11.7 Å². The number of carbonyl (C=O) groups excluding carboxylic acids is 1. The molecule has 172 valence electrons.